The lowest BCUT2D eigenvalue weighted by Crippen LogP contribution is -3.11. The highest BCUT2D eigenvalue weighted by Crippen LogP contribution is 2.40. The number of hydrogen-bond donors (Lipinski definition) is 1. The van der Waals surface area contributed by atoms with Gasteiger partial charge in [-0.2, -0.15) is 8.78 Å². The first-order valence-electron chi connectivity index (χ1n) is 17.1. The van der Waals surface area contributed by atoms with Crippen LogP contribution in [0.25, 0.3) is 0 Å². The largest absolute Gasteiger partial charge is 0.539 e. The van der Waals surface area contributed by atoms with E-state index in [-0.39, 0.29) is 0 Å². The summed E-state index contributed by atoms with van der Waals surface area (Å²) in [6, 6.07) is 0. The van der Waals surface area contributed by atoms with Crippen molar-refractivity contribution in [3.05, 3.63) is 111 Å². The van der Waals surface area contributed by atoms with Gasteiger partial charge in [-0.3, -0.25) is 0 Å². The SMILES string of the molecule is CC(C)(C)[Si](C)(C)Oc1c(F)c(F)c([B-](c2c(F)c(F)c(F)c(F)c2F)(c2c(F)c(F)c(F)c(F)c2F)c2c(F)c(F)c(F)c(F)c2F)c(F)c1F.CC[NH+](CC)CC. The topological polar surface area (TPSA) is 13.7 Å². The van der Waals surface area contributed by atoms with Gasteiger partial charge < -0.3 is 9.33 Å². The number of nitrogens with one attached hydrogen (secondary N) is 1. The summed E-state index contributed by atoms with van der Waals surface area (Å²) in [5, 5.41) is -1.13. The number of halogens is 19. The Labute approximate surface area is 324 Å². The molecule has 0 bridgehead atoms. The third-order valence-electron chi connectivity index (χ3n) is 10.4. The maximum atomic E-state index is 16.4. The summed E-state index contributed by atoms with van der Waals surface area (Å²) in [4.78, 5) is 1.68. The number of quaternary nitrogens is 1. The van der Waals surface area contributed by atoms with Crippen molar-refractivity contribution in [2.75, 3.05) is 19.6 Å². The van der Waals surface area contributed by atoms with Gasteiger partial charge in [0.15, 0.2) is 69.7 Å². The van der Waals surface area contributed by atoms with Crippen LogP contribution in [0.15, 0.2) is 0 Å². The van der Waals surface area contributed by atoms with E-state index in [9.17, 15) is 39.5 Å². The van der Waals surface area contributed by atoms with Crippen LogP contribution in [0, 0.1) is 111 Å². The van der Waals surface area contributed by atoms with Crippen LogP contribution in [-0.2, 0) is 0 Å². The molecule has 2 nitrogen and oxygen atoms in total. The van der Waals surface area contributed by atoms with Crippen LogP contribution < -0.4 is 31.2 Å². The van der Waals surface area contributed by atoms with Gasteiger partial charge in [0.2, 0.25) is 0 Å². The summed E-state index contributed by atoms with van der Waals surface area (Å²) in [6.45, 7) is 16.9. The predicted octanol–water partition coefficient (Wildman–Crippen LogP) is 8.02. The number of benzene rings is 4. The molecule has 1 N–H and O–H groups in total. The van der Waals surface area contributed by atoms with Crippen LogP contribution in [0.2, 0.25) is 18.1 Å². The van der Waals surface area contributed by atoms with Crippen molar-refractivity contribution in [2.24, 2.45) is 0 Å². The van der Waals surface area contributed by atoms with E-state index in [0.29, 0.717) is 0 Å². The van der Waals surface area contributed by atoms with Gasteiger partial charge in [0.25, 0.3) is 8.32 Å². The van der Waals surface area contributed by atoms with Gasteiger partial charge >= 0.3 is 0 Å². The Morgan fingerprint density at radius 3 is 0.729 bits per heavy atom. The molecule has 0 aliphatic heterocycles. The molecule has 4 rings (SSSR count). The Morgan fingerprint density at radius 2 is 0.559 bits per heavy atom. The smallest absolute Gasteiger partial charge is 0.250 e. The van der Waals surface area contributed by atoms with Crippen LogP contribution in [0.5, 0.6) is 5.75 Å². The molecule has 0 radical (unpaired) electrons. The third-order valence-corrected chi connectivity index (χ3v) is 14.7. The first-order chi connectivity index (χ1) is 27.0. The molecule has 326 valence electrons. The zero-order chi connectivity index (χ0) is 45.8. The highest BCUT2D eigenvalue weighted by atomic mass is 28.4. The van der Waals surface area contributed by atoms with Gasteiger partial charge in [0.05, 0.1) is 19.6 Å². The van der Waals surface area contributed by atoms with Crippen molar-refractivity contribution in [3.63, 3.8) is 0 Å². The van der Waals surface area contributed by atoms with E-state index >= 15 is 43.9 Å². The van der Waals surface area contributed by atoms with Crippen LogP contribution >= 0.6 is 0 Å². The van der Waals surface area contributed by atoms with E-state index in [4.69, 9.17) is 4.43 Å². The van der Waals surface area contributed by atoms with E-state index < -0.39 is 158 Å². The normalized spacial score (nSPS) is 12.3. The van der Waals surface area contributed by atoms with Gasteiger partial charge in [-0.15, -0.1) is 21.9 Å². The van der Waals surface area contributed by atoms with Gasteiger partial charge in [0, 0.05) is 0 Å². The van der Waals surface area contributed by atoms with Gasteiger partial charge in [-0.25, -0.2) is 74.6 Å². The van der Waals surface area contributed by atoms with Crippen molar-refractivity contribution in [2.45, 2.75) is 59.7 Å². The average Bonchev–Trinajstić information content (AvgIpc) is 3.17. The van der Waals surface area contributed by atoms with Crippen molar-refractivity contribution in [3.8, 4) is 5.75 Å². The fourth-order valence-corrected chi connectivity index (χ4v) is 7.12. The molecule has 0 aliphatic carbocycles. The highest BCUT2D eigenvalue weighted by Gasteiger charge is 2.53. The molecule has 0 heterocycles. The molecule has 0 saturated carbocycles. The molecule has 4 aromatic rings. The Bertz CT molecular complexity index is 2020. The van der Waals surface area contributed by atoms with Gasteiger partial charge in [-0.05, 0) is 38.9 Å². The molecule has 0 saturated heterocycles. The van der Waals surface area contributed by atoms with Crippen LogP contribution in [0.1, 0.15) is 41.5 Å². The second kappa shape index (κ2) is 17.3. The Morgan fingerprint density at radius 1 is 0.373 bits per heavy atom. The summed E-state index contributed by atoms with van der Waals surface area (Å²) in [7, 11) is -3.72. The van der Waals surface area contributed by atoms with Gasteiger partial charge in [-0.1, -0.05) is 20.8 Å². The second-order valence-corrected chi connectivity index (χ2v) is 19.2. The molecule has 0 fully saturated rings. The minimum absolute atomic E-state index is 1.13. The minimum atomic E-state index is -7.16. The van der Waals surface area contributed by atoms with Crippen LogP contribution in [0.3, 0.4) is 0 Å². The Kier molecular flexibility index (Phi) is 14.3. The van der Waals surface area contributed by atoms with E-state index in [1.54, 1.807) is 4.90 Å². The summed E-state index contributed by atoms with van der Waals surface area (Å²) in [5.74, 6) is -67.7. The van der Waals surface area contributed by atoms with Crippen LogP contribution in [0.4, 0.5) is 83.4 Å². The van der Waals surface area contributed by atoms with Crippen molar-refractivity contribution in [1.29, 1.82) is 0 Å². The van der Waals surface area contributed by atoms with Gasteiger partial charge in [0.1, 0.15) is 52.7 Å². The van der Waals surface area contributed by atoms with Crippen LogP contribution in [-0.4, -0.2) is 34.1 Å². The van der Waals surface area contributed by atoms with E-state index in [2.05, 4.69) is 20.8 Å². The predicted molar refractivity (Wildman–Crippen MR) is 180 cm³/mol. The molecule has 0 aliphatic rings. The van der Waals surface area contributed by atoms with E-state index in [1.165, 1.54) is 40.4 Å². The summed E-state index contributed by atoms with van der Waals surface area (Å²) in [6.07, 6.45) is -7.16. The molecule has 0 spiro atoms. The summed E-state index contributed by atoms with van der Waals surface area (Å²) >= 11 is 0. The van der Waals surface area contributed by atoms with E-state index in [0.717, 1.165) is 13.1 Å². The maximum absolute atomic E-state index is 16.4. The maximum Gasteiger partial charge on any atom is 0.250 e. The number of hydrogen-bond acceptors (Lipinski definition) is 1. The standard InChI is InChI=1S/C30H15BF19OSi.C6H15N/c1-30(2,3)52(4,5)51-29-27(49)16(38)9(17(39)28(29)50)31(6-10(32)18(40)24(46)19(41)11(6)33,7-12(34)20(42)25(47)21(43)13(7)35)8-14(36)22(44)26(48)23(45)15(8)37;1-4-7(5-2)6-3/h1-5H3;4-6H2,1-3H3/q-1;/p+1. The lowest BCUT2D eigenvalue weighted by Gasteiger charge is -2.45. The average molecular weight is 894 g/mol. The molecule has 0 unspecified atom stereocenters. The Balaban J connectivity index is 0.00000122. The third kappa shape index (κ3) is 7.76. The van der Waals surface area contributed by atoms with Crippen molar-refractivity contribution in [1.82, 2.24) is 0 Å². The molecule has 0 amide bonds. The fraction of sp³-hybridized carbons (Fsp3) is 0.333. The summed E-state index contributed by atoms with van der Waals surface area (Å²) in [5.41, 5.74) is -13.9. The highest BCUT2D eigenvalue weighted by molar-refractivity contribution is 7.20. The molecule has 0 atom stereocenters. The molecule has 0 aromatic heterocycles. The lowest BCUT2D eigenvalue weighted by atomic mass is 9.12. The van der Waals surface area contributed by atoms with Crippen molar-refractivity contribution < 1.29 is 92.7 Å². The quantitative estimate of drug-likeness (QED) is 0.0779. The van der Waals surface area contributed by atoms with E-state index in [1.807, 2.05) is 0 Å². The minimum Gasteiger partial charge on any atom is -0.539 e. The first kappa shape index (κ1) is 49.0. The molecular weight excluding hydrogens is 862 g/mol. The zero-order valence-electron chi connectivity index (χ0n) is 31.8. The molecule has 4 aromatic carbocycles. The monoisotopic (exact) mass is 893 g/mol. The number of rotatable bonds is 9. The zero-order valence-corrected chi connectivity index (χ0v) is 32.8. The second-order valence-electron chi connectivity index (χ2n) is 14.5. The lowest BCUT2D eigenvalue weighted by molar-refractivity contribution is -0.894. The molecular formula is C36H31BF19NOSi. The Hall–Kier alpha value is -4.41. The fourth-order valence-electron chi connectivity index (χ4n) is 6.13. The summed E-state index contributed by atoms with van der Waals surface area (Å²) < 4.78 is 296. The molecule has 59 heavy (non-hydrogen) atoms. The van der Waals surface area contributed by atoms with Crippen molar-refractivity contribution >= 4 is 36.3 Å². The molecule has 23 heteroatoms. The first-order valence-corrected chi connectivity index (χ1v) is 20.0.